The lowest BCUT2D eigenvalue weighted by atomic mass is 9.88. The molecule has 0 bridgehead atoms. The van der Waals surface area contributed by atoms with Crippen molar-refractivity contribution in [2.24, 2.45) is 11.0 Å². The molecule has 2 heterocycles. The van der Waals surface area contributed by atoms with Crippen LogP contribution in [-0.2, 0) is 9.53 Å². The molecule has 2 aliphatic heterocycles. The van der Waals surface area contributed by atoms with Crippen LogP contribution >= 0.6 is 0 Å². The topological polar surface area (TPSA) is 66.0 Å². The van der Waals surface area contributed by atoms with Crippen LogP contribution in [0, 0.1) is 5.92 Å². The molecule has 2 aromatic carbocycles. The Labute approximate surface area is 196 Å². The van der Waals surface area contributed by atoms with Gasteiger partial charge in [-0.15, -0.1) is 0 Å². The molecule has 1 aliphatic carbocycles. The van der Waals surface area contributed by atoms with E-state index in [9.17, 15) is 4.79 Å². The van der Waals surface area contributed by atoms with Gasteiger partial charge in [0.25, 0.3) is 0 Å². The number of methoxy groups -OCH3 is 1. The molecule has 1 amide bonds. The van der Waals surface area contributed by atoms with Crippen molar-refractivity contribution < 1.29 is 9.53 Å². The summed E-state index contributed by atoms with van der Waals surface area (Å²) in [6, 6.07) is 14.6. The molecule has 1 unspecified atom stereocenters. The molecule has 0 spiro atoms. The molecule has 5 rings (SSSR count). The van der Waals surface area contributed by atoms with Gasteiger partial charge in [0.1, 0.15) is 0 Å². The Balaban J connectivity index is 1.49. The molecule has 0 aromatic heterocycles. The molecule has 6 heteroatoms. The van der Waals surface area contributed by atoms with Gasteiger partial charge < -0.3 is 15.0 Å². The summed E-state index contributed by atoms with van der Waals surface area (Å²) < 4.78 is 5.56. The van der Waals surface area contributed by atoms with Crippen molar-refractivity contribution in [3.63, 3.8) is 0 Å². The zero-order valence-corrected chi connectivity index (χ0v) is 19.5. The Morgan fingerprint density at radius 2 is 1.79 bits per heavy atom. The van der Waals surface area contributed by atoms with Crippen molar-refractivity contribution in [3.05, 3.63) is 59.2 Å². The molecule has 0 radical (unpaired) electrons. The molecule has 2 N–H and O–H groups in total. The number of benzene rings is 2. The lowest BCUT2D eigenvalue weighted by molar-refractivity contribution is -0.120. The normalized spacial score (nSPS) is 21.1. The number of hydrazone groups is 1. The second-order valence-electron chi connectivity index (χ2n) is 9.40. The monoisotopic (exact) mass is 446 g/mol. The predicted octanol–water partition coefficient (Wildman–Crippen LogP) is 5.20. The summed E-state index contributed by atoms with van der Waals surface area (Å²) in [6.07, 6.45) is 8.93. The van der Waals surface area contributed by atoms with Crippen LogP contribution < -0.4 is 15.6 Å². The first kappa shape index (κ1) is 22.0. The van der Waals surface area contributed by atoms with E-state index < -0.39 is 0 Å². The number of nitrogens with one attached hydrogen (secondary N) is 2. The van der Waals surface area contributed by atoms with Gasteiger partial charge in [0.05, 0.1) is 17.1 Å². The van der Waals surface area contributed by atoms with Crippen LogP contribution in [0.4, 0.5) is 11.4 Å². The fourth-order valence-electron chi connectivity index (χ4n) is 5.39. The van der Waals surface area contributed by atoms with Gasteiger partial charge in [-0.25, -0.2) is 0 Å². The Morgan fingerprint density at radius 1 is 1.03 bits per heavy atom. The first-order chi connectivity index (χ1) is 16.2. The van der Waals surface area contributed by atoms with Crippen LogP contribution in [0.15, 0.2) is 47.6 Å². The largest absolute Gasteiger partial charge is 0.370 e. The van der Waals surface area contributed by atoms with E-state index in [0.717, 1.165) is 72.5 Å². The SMILES string of the molecule is COC1NN=C(c2ccc(N3CCCCC3)c(NC(=O)C3CCCCC3)c2)c2ccccc21. The zero-order valence-electron chi connectivity index (χ0n) is 19.5. The van der Waals surface area contributed by atoms with Crippen LogP contribution in [-0.4, -0.2) is 31.8 Å². The number of piperidine rings is 1. The number of anilines is 2. The van der Waals surface area contributed by atoms with Crippen molar-refractivity contribution >= 4 is 23.0 Å². The predicted molar refractivity (Wildman–Crippen MR) is 133 cm³/mol. The average molecular weight is 447 g/mol. The highest BCUT2D eigenvalue weighted by Gasteiger charge is 2.26. The van der Waals surface area contributed by atoms with Crippen molar-refractivity contribution in [1.29, 1.82) is 0 Å². The summed E-state index contributed by atoms with van der Waals surface area (Å²) in [7, 11) is 1.68. The number of ether oxygens (including phenoxy) is 1. The summed E-state index contributed by atoms with van der Waals surface area (Å²) in [4.78, 5) is 15.6. The summed E-state index contributed by atoms with van der Waals surface area (Å²) in [6.45, 7) is 2.07. The summed E-state index contributed by atoms with van der Waals surface area (Å²) in [5.41, 5.74) is 9.14. The number of carbonyl (C=O) groups excluding carboxylic acids is 1. The van der Waals surface area contributed by atoms with Crippen LogP contribution in [0.3, 0.4) is 0 Å². The smallest absolute Gasteiger partial charge is 0.227 e. The highest BCUT2D eigenvalue weighted by atomic mass is 16.5. The second kappa shape index (κ2) is 9.96. The molecular weight excluding hydrogens is 412 g/mol. The number of carbonyl (C=O) groups is 1. The highest BCUT2D eigenvalue weighted by molar-refractivity contribution is 6.15. The van der Waals surface area contributed by atoms with Crippen molar-refractivity contribution in [3.8, 4) is 0 Å². The number of amides is 1. The summed E-state index contributed by atoms with van der Waals surface area (Å²) in [5.74, 6) is 0.280. The molecule has 2 aromatic rings. The third kappa shape index (κ3) is 4.62. The minimum absolute atomic E-state index is 0.119. The van der Waals surface area contributed by atoms with E-state index in [4.69, 9.17) is 4.74 Å². The van der Waals surface area contributed by atoms with E-state index in [2.05, 4.69) is 51.1 Å². The molecule has 174 valence electrons. The van der Waals surface area contributed by atoms with E-state index in [0.29, 0.717) is 0 Å². The third-order valence-corrected chi connectivity index (χ3v) is 7.23. The molecule has 6 nitrogen and oxygen atoms in total. The third-order valence-electron chi connectivity index (χ3n) is 7.23. The van der Waals surface area contributed by atoms with Crippen LogP contribution in [0.2, 0.25) is 0 Å². The zero-order chi connectivity index (χ0) is 22.6. The quantitative estimate of drug-likeness (QED) is 0.663. The van der Waals surface area contributed by atoms with Crippen molar-refractivity contribution in [1.82, 2.24) is 5.43 Å². The first-order valence-electron chi connectivity index (χ1n) is 12.4. The molecule has 1 saturated carbocycles. The fraction of sp³-hybridized carbons (Fsp3) is 0.481. The molecule has 1 saturated heterocycles. The van der Waals surface area contributed by atoms with Gasteiger partial charge >= 0.3 is 0 Å². The van der Waals surface area contributed by atoms with E-state index in [1.54, 1.807) is 7.11 Å². The minimum Gasteiger partial charge on any atom is -0.370 e. The van der Waals surface area contributed by atoms with Crippen molar-refractivity contribution in [2.45, 2.75) is 57.6 Å². The highest BCUT2D eigenvalue weighted by Crippen LogP contribution is 2.34. The summed E-state index contributed by atoms with van der Waals surface area (Å²) >= 11 is 0. The Kier molecular flexibility index (Phi) is 6.63. The second-order valence-corrected chi connectivity index (χ2v) is 9.40. The molecule has 1 atom stereocenters. The number of nitrogens with zero attached hydrogens (tertiary/aromatic N) is 2. The maximum Gasteiger partial charge on any atom is 0.227 e. The average Bonchev–Trinajstić information content (AvgIpc) is 2.89. The number of hydrogen-bond acceptors (Lipinski definition) is 5. The van der Waals surface area contributed by atoms with Gasteiger partial charge in [-0.1, -0.05) is 49.6 Å². The van der Waals surface area contributed by atoms with Crippen LogP contribution in [0.5, 0.6) is 0 Å². The maximum atomic E-state index is 13.2. The Bertz CT molecular complexity index is 1020. The number of fused-ring (bicyclic) bond motifs is 1. The standard InChI is InChI=1S/C27H34N4O2/c1-33-27-22-13-7-6-12-21(22)25(29-30-27)20-14-15-24(31-16-8-3-9-17-31)23(18-20)28-26(32)19-10-4-2-5-11-19/h6-7,12-15,18-19,27,30H,2-5,8-11,16-17H2,1H3,(H,28,32). The number of rotatable bonds is 5. The Hall–Kier alpha value is -2.86. The van der Waals surface area contributed by atoms with Gasteiger partial charge in [-0.05, 0) is 44.2 Å². The van der Waals surface area contributed by atoms with E-state index in [-0.39, 0.29) is 18.1 Å². The van der Waals surface area contributed by atoms with Gasteiger partial charge in [-0.2, -0.15) is 5.10 Å². The minimum atomic E-state index is -0.261. The molecule has 33 heavy (non-hydrogen) atoms. The fourth-order valence-corrected chi connectivity index (χ4v) is 5.39. The van der Waals surface area contributed by atoms with Gasteiger partial charge in [0.15, 0.2) is 6.23 Å². The molecule has 3 aliphatic rings. The van der Waals surface area contributed by atoms with Crippen molar-refractivity contribution in [2.75, 3.05) is 30.4 Å². The van der Waals surface area contributed by atoms with E-state index >= 15 is 0 Å². The Morgan fingerprint density at radius 3 is 2.58 bits per heavy atom. The number of hydrogen-bond donors (Lipinski definition) is 2. The maximum absolute atomic E-state index is 13.2. The van der Waals surface area contributed by atoms with Crippen LogP contribution in [0.1, 0.15) is 74.3 Å². The lowest BCUT2D eigenvalue weighted by Gasteiger charge is -2.32. The van der Waals surface area contributed by atoms with Gasteiger partial charge in [0.2, 0.25) is 5.91 Å². The van der Waals surface area contributed by atoms with E-state index in [1.807, 2.05) is 12.1 Å². The van der Waals surface area contributed by atoms with Gasteiger partial charge in [-0.3, -0.25) is 10.2 Å². The summed E-state index contributed by atoms with van der Waals surface area (Å²) in [5, 5.41) is 7.98. The van der Waals surface area contributed by atoms with Crippen LogP contribution in [0.25, 0.3) is 0 Å². The molecular formula is C27H34N4O2. The first-order valence-corrected chi connectivity index (χ1v) is 12.4. The lowest BCUT2D eigenvalue weighted by Crippen LogP contribution is -2.32. The van der Waals surface area contributed by atoms with Gasteiger partial charge in [0, 0.05) is 42.8 Å². The molecule has 2 fully saturated rings. The van der Waals surface area contributed by atoms with E-state index in [1.165, 1.54) is 25.7 Å².